The first-order valence-electron chi connectivity index (χ1n) is 9.06. The topological polar surface area (TPSA) is 66.0 Å². The molecular formula is C21H27FN4O2. The Bertz CT molecular complexity index is 806. The predicted octanol–water partition coefficient (Wildman–Crippen LogP) is 2.66. The summed E-state index contributed by atoms with van der Waals surface area (Å²) in [6.45, 7) is 2.97. The zero-order valence-electron chi connectivity index (χ0n) is 16.7. The monoisotopic (exact) mass is 386 g/mol. The summed E-state index contributed by atoms with van der Waals surface area (Å²) in [5.41, 5.74) is 1.68. The van der Waals surface area contributed by atoms with Crippen LogP contribution in [-0.4, -0.2) is 50.6 Å². The SMILES string of the molecule is CN=C(NCc1ccc(C(=O)N(C)C)cc1)NCC(C)Oc1cccc(F)c1. The number of aliphatic imine (C=N–C) groups is 1. The van der Waals surface area contributed by atoms with Gasteiger partial charge in [-0.15, -0.1) is 0 Å². The third-order valence-electron chi connectivity index (χ3n) is 3.98. The molecule has 1 unspecified atom stereocenters. The number of nitrogens with zero attached hydrogens (tertiary/aromatic N) is 2. The lowest BCUT2D eigenvalue weighted by molar-refractivity contribution is 0.0827. The molecule has 150 valence electrons. The van der Waals surface area contributed by atoms with Gasteiger partial charge in [-0.1, -0.05) is 18.2 Å². The van der Waals surface area contributed by atoms with E-state index < -0.39 is 0 Å². The molecule has 28 heavy (non-hydrogen) atoms. The number of ether oxygens (including phenoxy) is 1. The van der Waals surface area contributed by atoms with Gasteiger partial charge in [0.05, 0.1) is 6.54 Å². The number of amides is 1. The van der Waals surface area contributed by atoms with Crippen LogP contribution >= 0.6 is 0 Å². The number of hydrogen-bond acceptors (Lipinski definition) is 3. The van der Waals surface area contributed by atoms with Crippen LogP contribution in [0.2, 0.25) is 0 Å². The molecule has 7 heteroatoms. The average Bonchev–Trinajstić information content (AvgIpc) is 2.68. The summed E-state index contributed by atoms with van der Waals surface area (Å²) in [5.74, 6) is 0.769. The first-order chi connectivity index (χ1) is 13.4. The van der Waals surface area contributed by atoms with Crippen molar-refractivity contribution in [1.82, 2.24) is 15.5 Å². The lowest BCUT2D eigenvalue weighted by Crippen LogP contribution is -2.41. The van der Waals surface area contributed by atoms with Gasteiger partial charge in [-0.05, 0) is 36.8 Å². The smallest absolute Gasteiger partial charge is 0.253 e. The first kappa shape index (κ1) is 21.2. The molecule has 2 aromatic carbocycles. The molecule has 0 aliphatic heterocycles. The summed E-state index contributed by atoms with van der Waals surface area (Å²) in [6.07, 6.45) is -0.170. The van der Waals surface area contributed by atoms with Crippen LogP contribution in [0.3, 0.4) is 0 Å². The number of benzene rings is 2. The lowest BCUT2D eigenvalue weighted by Gasteiger charge is -2.18. The molecule has 0 aliphatic rings. The van der Waals surface area contributed by atoms with E-state index in [2.05, 4.69) is 15.6 Å². The normalized spacial score (nSPS) is 12.2. The second-order valence-corrected chi connectivity index (χ2v) is 6.59. The summed E-state index contributed by atoms with van der Waals surface area (Å²) in [6, 6.07) is 13.5. The van der Waals surface area contributed by atoms with Crippen LogP contribution in [-0.2, 0) is 6.54 Å². The zero-order chi connectivity index (χ0) is 20.5. The third-order valence-corrected chi connectivity index (χ3v) is 3.98. The maximum Gasteiger partial charge on any atom is 0.253 e. The maximum absolute atomic E-state index is 13.2. The lowest BCUT2D eigenvalue weighted by atomic mass is 10.1. The highest BCUT2D eigenvalue weighted by Crippen LogP contribution is 2.13. The van der Waals surface area contributed by atoms with E-state index in [1.807, 2.05) is 31.2 Å². The Balaban J connectivity index is 1.80. The highest BCUT2D eigenvalue weighted by atomic mass is 19.1. The fourth-order valence-electron chi connectivity index (χ4n) is 2.48. The molecule has 0 saturated heterocycles. The van der Waals surface area contributed by atoms with Crippen molar-refractivity contribution in [3.8, 4) is 5.75 Å². The molecule has 6 nitrogen and oxygen atoms in total. The summed E-state index contributed by atoms with van der Waals surface area (Å²) >= 11 is 0. The Hall–Kier alpha value is -3.09. The molecule has 2 N–H and O–H groups in total. The van der Waals surface area contributed by atoms with Crippen molar-refractivity contribution in [3.63, 3.8) is 0 Å². The van der Waals surface area contributed by atoms with Crippen LogP contribution in [0, 0.1) is 5.82 Å². The van der Waals surface area contributed by atoms with Gasteiger partial charge >= 0.3 is 0 Å². The summed E-state index contributed by atoms with van der Waals surface area (Å²) < 4.78 is 18.9. The Kier molecular flexibility index (Phi) is 7.80. The highest BCUT2D eigenvalue weighted by molar-refractivity contribution is 5.93. The van der Waals surface area contributed by atoms with Crippen molar-refractivity contribution in [2.75, 3.05) is 27.7 Å². The molecule has 2 rings (SSSR count). The Morgan fingerprint density at radius 2 is 1.89 bits per heavy atom. The number of guanidine groups is 1. The number of nitrogens with one attached hydrogen (secondary N) is 2. The van der Waals surface area contributed by atoms with Gasteiger partial charge in [-0.25, -0.2) is 4.39 Å². The number of halogens is 1. The van der Waals surface area contributed by atoms with E-state index >= 15 is 0 Å². The van der Waals surface area contributed by atoms with Crippen LogP contribution < -0.4 is 15.4 Å². The van der Waals surface area contributed by atoms with E-state index in [9.17, 15) is 9.18 Å². The van der Waals surface area contributed by atoms with Gasteiger partial charge in [-0.3, -0.25) is 9.79 Å². The fourth-order valence-corrected chi connectivity index (χ4v) is 2.48. The quantitative estimate of drug-likeness (QED) is 0.567. The molecule has 0 bridgehead atoms. The van der Waals surface area contributed by atoms with Crippen molar-refractivity contribution in [1.29, 1.82) is 0 Å². The predicted molar refractivity (Wildman–Crippen MR) is 109 cm³/mol. The molecule has 0 heterocycles. The Morgan fingerprint density at radius 1 is 1.18 bits per heavy atom. The Morgan fingerprint density at radius 3 is 2.50 bits per heavy atom. The van der Waals surface area contributed by atoms with Gasteiger partial charge in [0.1, 0.15) is 17.7 Å². The maximum atomic E-state index is 13.2. The summed E-state index contributed by atoms with van der Waals surface area (Å²) in [4.78, 5) is 17.6. The molecule has 1 amide bonds. The van der Waals surface area contributed by atoms with E-state index in [0.29, 0.717) is 30.4 Å². The van der Waals surface area contributed by atoms with Gasteiger partial charge in [0, 0.05) is 39.3 Å². The van der Waals surface area contributed by atoms with Crippen molar-refractivity contribution >= 4 is 11.9 Å². The molecule has 2 aromatic rings. The standard InChI is InChI=1S/C21H27FN4O2/c1-15(28-19-7-5-6-18(22)12-19)13-24-21(23-2)25-14-16-8-10-17(11-9-16)20(27)26(3)4/h5-12,15H,13-14H2,1-4H3,(H2,23,24,25). The van der Waals surface area contributed by atoms with Crippen LogP contribution in [0.15, 0.2) is 53.5 Å². The van der Waals surface area contributed by atoms with E-state index in [0.717, 1.165) is 5.56 Å². The van der Waals surface area contributed by atoms with Gasteiger partial charge in [0.15, 0.2) is 5.96 Å². The molecule has 0 radical (unpaired) electrons. The third kappa shape index (κ3) is 6.57. The summed E-state index contributed by atoms with van der Waals surface area (Å²) in [5, 5.41) is 6.39. The van der Waals surface area contributed by atoms with Crippen molar-refractivity contribution in [3.05, 3.63) is 65.5 Å². The minimum Gasteiger partial charge on any atom is -0.489 e. The van der Waals surface area contributed by atoms with Gasteiger partial charge in [0.25, 0.3) is 5.91 Å². The van der Waals surface area contributed by atoms with E-state index in [1.54, 1.807) is 38.2 Å². The number of carbonyl (C=O) groups excluding carboxylic acids is 1. The van der Waals surface area contributed by atoms with E-state index in [1.165, 1.54) is 12.1 Å². The van der Waals surface area contributed by atoms with Crippen molar-refractivity contribution in [2.24, 2.45) is 4.99 Å². The molecule has 0 fully saturated rings. The van der Waals surface area contributed by atoms with Crippen LogP contribution in [0.4, 0.5) is 4.39 Å². The minimum atomic E-state index is -0.326. The molecule has 0 aromatic heterocycles. The second-order valence-electron chi connectivity index (χ2n) is 6.59. The number of carbonyl (C=O) groups is 1. The molecule has 0 spiro atoms. The summed E-state index contributed by atoms with van der Waals surface area (Å²) in [7, 11) is 5.14. The van der Waals surface area contributed by atoms with Crippen molar-refractivity contribution in [2.45, 2.75) is 19.6 Å². The first-order valence-corrected chi connectivity index (χ1v) is 9.06. The van der Waals surface area contributed by atoms with Crippen LogP contribution in [0.25, 0.3) is 0 Å². The van der Waals surface area contributed by atoms with Gasteiger partial charge in [-0.2, -0.15) is 0 Å². The van der Waals surface area contributed by atoms with Gasteiger partial charge in [0.2, 0.25) is 0 Å². The van der Waals surface area contributed by atoms with E-state index in [4.69, 9.17) is 4.74 Å². The number of rotatable bonds is 7. The molecule has 0 aliphatic carbocycles. The van der Waals surface area contributed by atoms with Gasteiger partial charge < -0.3 is 20.3 Å². The average molecular weight is 386 g/mol. The number of hydrogen-bond donors (Lipinski definition) is 2. The molecule has 1 atom stereocenters. The minimum absolute atomic E-state index is 0.0238. The van der Waals surface area contributed by atoms with E-state index in [-0.39, 0.29) is 17.8 Å². The van der Waals surface area contributed by atoms with Crippen molar-refractivity contribution < 1.29 is 13.9 Å². The highest BCUT2D eigenvalue weighted by Gasteiger charge is 2.08. The molecule has 0 saturated carbocycles. The molecular weight excluding hydrogens is 359 g/mol. The second kappa shape index (κ2) is 10.3. The zero-order valence-corrected chi connectivity index (χ0v) is 16.7. The van der Waals surface area contributed by atoms with Crippen LogP contribution in [0.5, 0.6) is 5.75 Å². The Labute approximate surface area is 165 Å². The largest absolute Gasteiger partial charge is 0.489 e. The fraction of sp³-hybridized carbons (Fsp3) is 0.333. The van der Waals surface area contributed by atoms with Crippen LogP contribution in [0.1, 0.15) is 22.8 Å².